The standard InChI is InChI=1S/C20H24N2O3S/c1-26(24,25)21-19-10-6-5-9-18(19)20(23)22-13-11-17(12-14-22)15-16-7-3-2-4-8-16/h2-10,17,21H,11-15H2,1H3. The van der Waals surface area contributed by atoms with Gasteiger partial charge in [-0.25, -0.2) is 8.42 Å². The van der Waals surface area contributed by atoms with Crippen molar-refractivity contribution in [2.75, 3.05) is 24.1 Å². The monoisotopic (exact) mass is 372 g/mol. The maximum absolute atomic E-state index is 12.9. The summed E-state index contributed by atoms with van der Waals surface area (Å²) in [6.07, 6.45) is 4.04. The van der Waals surface area contributed by atoms with Gasteiger partial charge in [0, 0.05) is 13.1 Å². The number of sulfonamides is 1. The third-order valence-corrected chi connectivity index (χ3v) is 5.31. The number of piperidine rings is 1. The van der Waals surface area contributed by atoms with Crippen molar-refractivity contribution < 1.29 is 13.2 Å². The van der Waals surface area contributed by atoms with E-state index in [1.165, 1.54) is 5.56 Å². The molecule has 1 saturated heterocycles. The van der Waals surface area contributed by atoms with E-state index in [1.807, 2.05) is 11.0 Å². The second kappa shape index (κ2) is 7.91. The minimum absolute atomic E-state index is 0.116. The molecule has 1 fully saturated rings. The van der Waals surface area contributed by atoms with E-state index in [-0.39, 0.29) is 5.91 Å². The topological polar surface area (TPSA) is 66.5 Å². The number of likely N-dealkylation sites (tertiary alicyclic amines) is 1. The van der Waals surface area contributed by atoms with Crippen molar-refractivity contribution in [3.63, 3.8) is 0 Å². The van der Waals surface area contributed by atoms with Gasteiger partial charge < -0.3 is 4.90 Å². The van der Waals surface area contributed by atoms with Crippen molar-refractivity contribution in [2.45, 2.75) is 19.3 Å². The Morgan fingerprint density at radius 1 is 1.04 bits per heavy atom. The molecule has 0 atom stereocenters. The lowest BCUT2D eigenvalue weighted by Crippen LogP contribution is -2.39. The Morgan fingerprint density at radius 2 is 1.65 bits per heavy atom. The van der Waals surface area contributed by atoms with E-state index in [0.717, 1.165) is 25.5 Å². The molecule has 6 heteroatoms. The maximum Gasteiger partial charge on any atom is 0.255 e. The van der Waals surface area contributed by atoms with Gasteiger partial charge in [0.2, 0.25) is 10.0 Å². The Morgan fingerprint density at radius 3 is 2.31 bits per heavy atom. The molecular weight excluding hydrogens is 348 g/mol. The summed E-state index contributed by atoms with van der Waals surface area (Å²) in [7, 11) is -3.43. The summed E-state index contributed by atoms with van der Waals surface area (Å²) in [5.74, 6) is 0.459. The highest BCUT2D eigenvalue weighted by Crippen LogP contribution is 2.25. The van der Waals surface area contributed by atoms with E-state index >= 15 is 0 Å². The lowest BCUT2D eigenvalue weighted by Gasteiger charge is -2.32. The number of carbonyl (C=O) groups excluding carboxylic acids is 1. The van der Waals surface area contributed by atoms with Gasteiger partial charge in [0.05, 0.1) is 17.5 Å². The molecule has 0 unspecified atom stereocenters. The van der Waals surface area contributed by atoms with Gasteiger partial charge in [-0.05, 0) is 42.9 Å². The molecule has 0 aromatic heterocycles. The Kier molecular flexibility index (Phi) is 5.61. The largest absolute Gasteiger partial charge is 0.339 e. The molecule has 1 aliphatic heterocycles. The highest BCUT2D eigenvalue weighted by molar-refractivity contribution is 7.92. The van der Waals surface area contributed by atoms with Gasteiger partial charge in [-0.15, -0.1) is 0 Å². The van der Waals surface area contributed by atoms with Gasteiger partial charge in [-0.1, -0.05) is 42.5 Å². The number of carbonyl (C=O) groups is 1. The smallest absolute Gasteiger partial charge is 0.255 e. The zero-order chi connectivity index (χ0) is 18.6. The van der Waals surface area contributed by atoms with Crippen molar-refractivity contribution in [2.24, 2.45) is 5.92 Å². The van der Waals surface area contributed by atoms with E-state index in [1.54, 1.807) is 24.3 Å². The van der Waals surface area contributed by atoms with Gasteiger partial charge in [-0.3, -0.25) is 9.52 Å². The number of nitrogens with one attached hydrogen (secondary N) is 1. The Bertz CT molecular complexity index is 858. The van der Waals surface area contributed by atoms with Crippen molar-refractivity contribution in [1.29, 1.82) is 0 Å². The van der Waals surface area contributed by atoms with E-state index in [0.29, 0.717) is 30.3 Å². The van der Waals surface area contributed by atoms with Crippen LogP contribution in [-0.2, 0) is 16.4 Å². The quantitative estimate of drug-likeness (QED) is 0.877. The highest BCUT2D eigenvalue weighted by Gasteiger charge is 2.25. The number of hydrogen-bond acceptors (Lipinski definition) is 3. The predicted molar refractivity (Wildman–Crippen MR) is 104 cm³/mol. The molecule has 1 amide bonds. The van der Waals surface area contributed by atoms with Crippen molar-refractivity contribution in [3.8, 4) is 0 Å². The third-order valence-electron chi connectivity index (χ3n) is 4.72. The fourth-order valence-electron chi connectivity index (χ4n) is 3.42. The minimum Gasteiger partial charge on any atom is -0.339 e. The van der Waals surface area contributed by atoms with Crippen molar-refractivity contribution in [3.05, 3.63) is 65.7 Å². The molecule has 0 radical (unpaired) electrons. The number of benzene rings is 2. The summed E-state index contributed by atoms with van der Waals surface area (Å²) in [6.45, 7) is 1.40. The first-order valence-electron chi connectivity index (χ1n) is 8.82. The molecule has 1 heterocycles. The van der Waals surface area contributed by atoms with Crippen LogP contribution in [0.25, 0.3) is 0 Å². The average molecular weight is 372 g/mol. The highest BCUT2D eigenvalue weighted by atomic mass is 32.2. The fourth-order valence-corrected chi connectivity index (χ4v) is 3.99. The molecule has 3 rings (SSSR count). The molecule has 0 aliphatic carbocycles. The van der Waals surface area contributed by atoms with Crippen LogP contribution in [-0.4, -0.2) is 38.6 Å². The van der Waals surface area contributed by atoms with Gasteiger partial charge in [0.25, 0.3) is 5.91 Å². The number of rotatable bonds is 5. The number of amides is 1. The van der Waals surface area contributed by atoms with Crippen LogP contribution in [0.4, 0.5) is 5.69 Å². The van der Waals surface area contributed by atoms with E-state index in [2.05, 4.69) is 29.0 Å². The lowest BCUT2D eigenvalue weighted by molar-refractivity contribution is 0.0691. The van der Waals surface area contributed by atoms with Gasteiger partial charge in [0.15, 0.2) is 0 Å². The zero-order valence-electron chi connectivity index (χ0n) is 14.9. The van der Waals surface area contributed by atoms with Gasteiger partial charge >= 0.3 is 0 Å². The zero-order valence-corrected chi connectivity index (χ0v) is 15.7. The van der Waals surface area contributed by atoms with Gasteiger partial charge in [0.1, 0.15) is 0 Å². The number of nitrogens with zero attached hydrogens (tertiary/aromatic N) is 1. The van der Waals surface area contributed by atoms with Crippen LogP contribution in [0, 0.1) is 5.92 Å². The normalized spacial score (nSPS) is 15.7. The van der Waals surface area contributed by atoms with Crippen LogP contribution in [0.1, 0.15) is 28.8 Å². The molecule has 0 saturated carbocycles. The molecule has 26 heavy (non-hydrogen) atoms. The van der Waals surface area contributed by atoms with Crippen molar-refractivity contribution in [1.82, 2.24) is 4.90 Å². The van der Waals surface area contributed by atoms with Gasteiger partial charge in [-0.2, -0.15) is 0 Å². The van der Waals surface area contributed by atoms with Crippen LogP contribution in [0.3, 0.4) is 0 Å². The first kappa shape index (κ1) is 18.5. The average Bonchev–Trinajstić information content (AvgIpc) is 2.62. The molecule has 1 N–H and O–H groups in total. The molecule has 2 aromatic carbocycles. The van der Waals surface area contributed by atoms with Crippen molar-refractivity contribution >= 4 is 21.6 Å². The summed E-state index contributed by atoms with van der Waals surface area (Å²) in [4.78, 5) is 14.7. The third kappa shape index (κ3) is 4.85. The summed E-state index contributed by atoms with van der Waals surface area (Å²) in [6, 6.07) is 17.2. The number of anilines is 1. The first-order chi connectivity index (χ1) is 12.4. The van der Waals surface area contributed by atoms with E-state index < -0.39 is 10.0 Å². The Balaban J connectivity index is 1.64. The Hall–Kier alpha value is -2.34. The van der Waals surface area contributed by atoms with Crippen LogP contribution >= 0.6 is 0 Å². The molecule has 2 aromatic rings. The summed E-state index contributed by atoms with van der Waals surface area (Å²) in [5.41, 5.74) is 2.07. The SMILES string of the molecule is CS(=O)(=O)Nc1ccccc1C(=O)N1CCC(Cc2ccccc2)CC1. The number of para-hydroxylation sites is 1. The molecule has 0 bridgehead atoms. The summed E-state index contributed by atoms with van der Waals surface area (Å²) in [5, 5.41) is 0. The fraction of sp³-hybridized carbons (Fsp3) is 0.350. The Labute approximate surface area is 155 Å². The van der Waals surface area contributed by atoms with E-state index in [9.17, 15) is 13.2 Å². The summed E-state index contributed by atoms with van der Waals surface area (Å²) >= 11 is 0. The molecule has 1 aliphatic rings. The predicted octanol–water partition coefficient (Wildman–Crippen LogP) is 3.15. The van der Waals surface area contributed by atoms with Crippen LogP contribution in [0.2, 0.25) is 0 Å². The van der Waals surface area contributed by atoms with Crippen LogP contribution in [0.5, 0.6) is 0 Å². The molecule has 5 nitrogen and oxygen atoms in total. The first-order valence-corrected chi connectivity index (χ1v) is 10.7. The molecule has 138 valence electrons. The van der Waals surface area contributed by atoms with Crippen LogP contribution in [0.15, 0.2) is 54.6 Å². The minimum atomic E-state index is -3.43. The van der Waals surface area contributed by atoms with Crippen LogP contribution < -0.4 is 4.72 Å². The summed E-state index contributed by atoms with van der Waals surface area (Å²) < 4.78 is 25.5. The maximum atomic E-state index is 12.9. The van der Waals surface area contributed by atoms with E-state index in [4.69, 9.17) is 0 Å². The molecular formula is C20H24N2O3S. The second-order valence-corrected chi connectivity index (χ2v) is 8.59. The lowest BCUT2D eigenvalue weighted by atomic mass is 9.90. The number of hydrogen-bond donors (Lipinski definition) is 1. The second-order valence-electron chi connectivity index (χ2n) is 6.85. The molecule has 0 spiro atoms.